The molecule has 1 amide bonds. The van der Waals surface area contributed by atoms with Gasteiger partial charge < -0.3 is 26.2 Å². The number of aromatic nitrogens is 2. The lowest BCUT2D eigenvalue weighted by molar-refractivity contribution is 0.0696. The first-order chi connectivity index (χ1) is 15.7. The van der Waals surface area contributed by atoms with Gasteiger partial charge >= 0.3 is 5.97 Å². The van der Waals surface area contributed by atoms with Crippen LogP contribution in [-0.2, 0) is 5.54 Å². The van der Waals surface area contributed by atoms with Gasteiger partial charge in [0.15, 0.2) is 0 Å². The summed E-state index contributed by atoms with van der Waals surface area (Å²) in [4.78, 5) is 32.1. The quantitative estimate of drug-likeness (QED) is 0.369. The summed E-state index contributed by atoms with van der Waals surface area (Å²) in [7, 11) is 0. The van der Waals surface area contributed by atoms with Crippen molar-refractivity contribution in [1.29, 1.82) is 0 Å². The molecular weight excluding hydrogens is 429 g/mol. The summed E-state index contributed by atoms with van der Waals surface area (Å²) in [5.41, 5.74) is 1.85. The summed E-state index contributed by atoms with van der Waals surface area (Å²) in [5, 5.41) is 28.2. The van der Waals surface area contributed by atoms with Gasteiger partial charge in [-0.15, -0.1) is 0 Å². The lowest BCUT2D eigenvalue weighted by atomic mass is 9.94. The van der Waals surface area contributed by atoms with Gasteiger partial charge in [0.2, 0.25) is 5.95 Å². The molecule has 0 fully saturated rings. The zero-order chi connectivity index (χ0) is 23.8. The van der Waals surface area contributed by atoms with E-state index in [9.17, 15) is 24.2 Å². The minimum atomic E-state index is -1.25. The third-order valence-electron chi connectivity index (χ3n) is 5.40. The minimum Gasteiger partial charge on any atom is -0.477 e. The van der Waals surface area contributed by atoms with Gasteiger partial charge in [0, 0.05) is 17.4 Å². The number of benzene rings is 2. The van der Waals surface area contributed by atoms with E-state index < -0.39 is 23.4 Å². The number of hydrogen-bond donors (Lipinski definition) is 5. The Kier molecular flexibility index (Phi) is 5.69. The number of halogens is 1. The second-order valence-electron chi connectivity index (χ2n) is 8.16. The Morgan fingerprint density at radius 2 is 1.94 bits per heavy atom. The monoisotopic (exact) mass is 451 g/mol. The van der Waals surface area contributed by atoms with Crippen molar-refractivity contribution in [2.24, 2.45) is 0 Å². The number of anilines is 3. The molecule has 3 aromatic rings. The number of rotatable bonds is 7. The molecule has 1 aliphatic rings. The number of aromatic carboxylic acids is 1. The lowest BCUT2D eigenvalue weighted by Crippen LogP contribution is -2.32. The molecule has 33 heavy (non-hydrogen) atoms. The zero-order valence-corrected chi connectivity index (χ0v) is 17.9. The summed E-state index contributed by atoms with van der Waals surface area (Å²) in [6.07, 6.45) is 1.15. The molecule has 5 N–H and O–H groups in total. The fourth-order valence-electron chi connectivity index (χ4n) is 3.69. The number of aliphatic hydroxyl groups excluding tert-OH is 1. The molecule has 1 aliphatic heterocycles. The number of nitrogens with zero attached hydrogens (tertiary/aromatic N) is 2. The van der Waals surface area contributed by atoms with Gasteiger partial charge in [-0.1, -0.05) is 12.1 Å². The lowest BCUT2D eigenvalue weighted by Gasteiger charge is -2.20. The van der Waals surface area contributed by atoms with E-state index in [1.807, 2.05) is 19.9 Å². The smallest absolute Gasteiger partial charge is 0.341 e. The molecule has 2 heterocycles. The van der Waals surface area contributed by atoms with Crippen molar-refractivity contribution < 1.29 is 24.2 Å². The van der Waals surface area contributed by atoms with Crippen LogP contribution in [0.15, 0.2) is 48.7 Å². The average molecular weight is 451 g/mol. The van der Waals surface area contributed by atoms with Crippen LogP contribution in [0.2, 0.25) is 0 Å². The number of aliphatic hydroxyl groups is 1. The van der Waals surface area contributed by atoms with Crippen LogP contribution >= 0.6 is 0 Å². The maximum atomic E-state index is 13.3. The molecule has 10 heteroatoms. The van der Waals surface area contributed by atoms with Crippen molar-refractivity contribution in [3.63, 3.8) is 0 Å². The first kappa shape index (κ1) is 22.2. The summed E-state index contributed by atoms with van der Waals surface area (Å²) in [6, 6.07) is 9.98. The van der Waals surface area contributed by atoms with Crippen LogP contribution in [0.3, 0.4) is 0 Å². The fraction of sp³-hybridized carbons (Fsp3) is 0.217. The molecule has 0 unspecified atom stereocenters. The van der Waals surface area contributed by atoms with Crippen molar-refractivity contribution in [3.05, 3.63) is 76.7 Å². The summed E-state index contributed by atoms with van der Waals surface area (Å²) < 4.78 is 13.3. The van der Waals surface area contributed by atoms with Crippen LogP contribution in [-0.4, -0.2) is 38.7 Å². The second kappa shape index (κ2) is 8.47. The highest BCUT2D eigenvalue weighted by molar-refractivity contribution is 6.00. The SMILES string of the molecule is CC1(C)NC(=O)c2ccc(Nc3ncc(C(=O)O)c(N[C@H](CO)c4ccc(F)cc4)n3)cc21. The van der Waals surface area contributed by atoms with Gasteiger partial charge in [0.25, 0.3) is 5.91 Å². The maximum Gasteiger partial charge on any atom is 0.341 e. The van der Waals surface area contributed by atoms with Crippen LogP contribution in [0.5, 0.6) is 0 Å². The van der Waals surface area contributed by atoms with E-state index in [4.69, 9.17) is 0 Å². The van der Waals surface area contributed by atoms with E-state index in [0.717, 1.165) is 11.8 Å². The van der Waals surface area contributed by atoms with E-state index in [2.05, 4.69) is 25.9 Å². The number of carbonyl (C=O) groups excluding carboxylic acids is 1. The highest BCUT2D eigenvalue weighted by atomic mass is 19.1. The third-order valence-corrected chi connectivity index (χ3v) is 5.40. The Labute approximate surface area is 188 Å². The number of nitrogens with one attached hydrogen (secondary N) is 3. The molecule has 2 aromatic carbocycles. The Morgan fingerprint density at radius 3 is 2.61 bits per heavy atom. The summed E-state index contributed by atoms with van der Waals surface area (Å²) in [5.74, 6) is -1.71. The zero-order valence-electron chi connectivity index (χ0n) is 17.9. The molecule has 9 nitrogen and oxygen atoms in total. The van der Waals surface area contributed by atoms with Gasteiger partial charge in [-0.3, -0.25) is 4.79 Å². The molecule has 1 atom stereocenters. The molecule has 4 rings (SSSR count). The minimum absolute atomic E-state index is 0.0123. The van der Waals surface area contributed by atoms with Gasteiger partial charge in [-0.25, -0.2) is 14.2 Å². The van der Waals surface area contributed by atoms with Crippen LogP contribution in [0.25, 0.3) is 0 Å². The molecule has 0 saturated carbocycles. The van der Waals surface area contributed by atoms with Crippen molar-refractivity contribution >= 4 is 29.3 Å². The molecule has 170 valence electrons. The first-order valence-corrected chi connectivity index (χ1v) is 10.1. The normalized spacial score (nSPS) is 14.8. The highest BCUT2D eigenvalue weighted by Gasteiger charge is 2.35. The van der Waals surface area contributed by atoms with Crippen molar-refractivity contribution in [1.82, 2.24) is 15.3 Å². The number of carboxylic acid groups (broad SMARTS) is 1. The molecule has 0 saturated heterocycles. The van der Waals surface area contributed by atoms with Gasteiger partial charge in [0.05, 0.1) is 18.2 Å². The predicted octanol–water partition coefficient (Wildman–Crippen LogP) is 3.18. The van der Waals surface area contributed by atoms with E-state index in [0.29, 0.717) is 16.8 Å². The molecule has 0 aliphatic carbocycles. The third kappa shape index (κ3) is 4.46. The number of carboxylic acids is 1. The van der Waals surface area contributed by atoms with Crippen LogP contribution in [0.1, 0.15) is 51.7 Å². The molecule has 1 aromatic heterocycles. The van der Waals surface area contributed by atoms with E-state index in [1.165, 1.54) is 24.3 Å². The van der Waals surface area contributed by atoms with Crippen molar-refractivity contribution in [2.45, 2.75) is 25.4 Å². The highest BCUT2D eigenvalue weighted by Crippen LogP contribution is 2.33. The predicted molar refractivity (Wildman–Crippen MR) is 119 cm³/mol. The number of carbonyl (C=O) groups is 2. The number of fused-ring (bicyclic) bond motifs is 1. The van der Waals surface area contributed by atoms with Crippen LogP contribution in [0, 0.1) is 5.82 Å². The number of hydrogen-bond acceptors (Lipinski definition) is 7. The molecular formula is C23H22FN5O4. The van der Waals surface area contributed by atoms with E-state index in [1.54, 1.807) is 12.1 Å². The Morgan fingerprint density at radius 1 is 1.21 bits per heavy atom. The largest absolute Gasteiger partial charge is 0.477 e. The summed E-state index contributed by atoms with van der Waals surface area (Å²) in [6.45, 7) is 3.41. The van der Waals surface area contributed by atoms with Gasteiger partial charge in [-0.2, -0.15) is 4.98 Å². The second-order valence-corrected chi connectivity index (χ2v) is 8.16. The maximum absolute atomic E-state index is 13.3. The molecule has 0 bridgehead atoms. The van der Waals surface area contributed by atoms with Crippen LogP contribution < -0.4 is 16.0 Å². The first-order valence-electron chi connectivity index (χ1n) is 10.1. The topological polar surface area (TPSA) is 136 Å². The van der Waals surface area contributed by atoms with Crippen molar-refractivity contribution in [2.75, 3.05) is 17.2 Å². The molecule has 0 radical (unpaired) electrons. The van der Waals surface area contributed by atoms with E-state index in [-0.39, 0.29) is 29.8 Å². The number of amides is 1. The van der Waals surface area contributed by atoms with Crippen molar-refractivity contribution in [3.8, 4) is 0 Å². The Balaban J connectivity index is 1.64. The Hall–Kier alpha value is -4.05. The van der Waals surface area contributed by atoms with Gasteiger partial charge in [0.1, 0.15) is 17.2 Å². The van der Waals surface area contributed by atoms with Gasteiger partial charge in [-0.05, 0) is 55.3 Å². The fourth-order valence-corrected chi connectivity index (χ4v) is 3.69. The standard InChI is InChI=1S/C23H22FN5O4/c1-23(2)17-9-14(7-8-15(17)20(31)29-23)26-22-25-10-16(21(32)33)19(28-22)27-18(11-30)12-3-5-13(24)6-4-12/h3-10,18,30H,11H2,1-2H3,(H,29,31)(H,32,33)(H2,25,26,27,28)/t18-/m1/s1. The summed E-state index contributed by atoms with van der Waals surface area (Å²) >= 11 is 0. The molecule has 0 spiro atoms. The van der Waals surface area contributed by atoms with Crippen LogP contribution in [0.4, 0.5) is 21.8 Å². The van der Waals surface area contributed by atoms with E-state index >= 15 is 0 Å². The Bertz CT molecular complexity index is 1230. The average Bonchev–Trinajstić information content (AvgIpc) is 3.00.